The van der Waals surface area contributed by atoms with E-state index >= 15 is 0 Å². The van der Waals surface area contributed by atoms with E-state index in [2.05, 4.69) is 47.6 Å². The van der Waals surface area contributed by atoms with E-state index in [9.17, 15) is 40.5 Å². The minimum atomic E-state index is -1.62. The Bertz CT molecular complexity index is 1440. The fraction of sp³-hybridized carbons (Fsp3) is 0.927. The molecule has 0 aromatic rings. The lowest BCUT2D eigenvalue weighted by atomic mass is 9.33. The Morgan fingerprint density at radius 1 is 0.830 bits per heavy atom. The van der Waals surface area contributed by atoms with Crippen molar-refractivity contribution < 1.29 is 59.5 Å². The summed E-state index contributed by atoms with van der Waals surface area (Å²) in [5.74, 6) is -0.194. The molecule has 18 atom stereocenters. The van der Waals surface area contributed by atoms with Gasteiger partial charge in [0.2, 0.25) is 0 Å². The molecule has 4 saturated carbocycles. The first kappa shape index (κ1) is 40.0. The van der Waals surface area contributed by atoms with Gasteiger partial charge >= 0.3 is 5.97 Å². The normalized spacial score (nSPS) is 55.1. The van der Waals surface area contributed by atoms with E-state index in [-0.39, 0.29) is 46.7 Å². The van der Waals surface area contributed by atoms with Crippen LogP contribution in [0, 0.1) is 50.2 Å². The van der Waals surface area contributed by atoms with E-state index in [0.717, 1.165) is 51.4 Å². The number of aliphatic carboxylic acids is 1. The van der Waals surface area contributed by atoms with E-state index in [1.165, 1.54) is 12.5 Å². The molecule has 53 heavy (non-hydrogen) atoms. The summed E-state index contributed by atoms with van der Waals surface area (Å²) >= 11 is 0. The van der Waals surface area contributed by atoms with Gasteiger partial charge in [-0.05, 0) is 111 Å². The first-order valence-corrected chi connectivity index (χ1v) is 20.2. The molecule has 0 bridgehead atoms. The molecule has 0 amide bonds. The topological polar surface area (TPSA) is 196 Å². The molecule has 5 aliphatic carbocycles. The van der Waals surface area contributed by atoms with Crippen molar-refractivity contribution in [2.24, 2.45) is 50.2 Å². The molecule has 7 aliphatic rings. The Hall–Kier alpha value is -1.19. The molecule has 2 heterocycles. The Morgan fingerprint density at radius 2 is 1.53 bits per heavy atom. The number of rotatable bonds is 6. The van der Waals surface area contributed by atoms with Gasteiger partial charge in [0, 0.05) is 5.41 Å². The number of allylic oxidation sites excluding steroid dienone is 2. The summed E-state index contributed by atoms with van der Waals surface area (Å²) in [4.78, 5) is 13.0. The Kier molecular flexibility index (Phi) is 10.2. The van der Waals surface area contributed by atoms with Gasteiger partial charge in [0.15, 0.2) is 12.6 Å². The largest absolute Gasteiger partial charge is 0.481 e. The maximum absolute atomic E-state index is 13.0. The molecule has 0 aromatic heterocycles. The Morgan fingerprint density at radius 3 is 2.21 bits per heavy atom. The zero-order chi connectivity index (χ0) is 38.7. The maximum atomic E-state index is 13.0. The van der Waals surface area contributed by atoms with Crippen molar-refractivity contribution in [3.63, 3.8) is 0 Å². The van der Waals surface area contributed by atoms with E-state index < -0.39 is 78.2 Å². The maximum Gasteiger partial charge on any atom is 0.310 e. The fourth-order valence-corrected chi connectivity index (χ4v) is 13.3. The van der Waals surface area contributed by atoms with Crippen molar-refractivity contribution in [2.45, 2.75) is 174 Å². The molecule has 2 saturated heterocycles. The third-order valence-electron chi connectivity index (χ3n) is 17.0. The fourth-order valence-electron chi connectivity index (χ4n) is 13.3. The number of ether oxygens (including phenoxy) is 4. The van der Waals surface area contributed by atoms with Crippen LogP contribution < -0.4 is 0 Å². The quantitative estimate of drug-likeness (QED) is 0.155. The lowest BCUT2D eigenvalue weighted by molar-refractivity contribution is -0.365. The predicted molar refractivity (Wildman–Crippen MR) is 192 cm³/mol. The first-order valence-electron chi connectivity index (χ1n) is 20.2. The molecule has 0 aromatic carbocycles. The molecule has 7 rings (SSSR count). The zero-order valence-electron chi connectivity index (χ0n) is 32.7. The number of fused-ring (bicyclic) bond motifs is 7. The molecule has 0 radical (unpaired) electrons. The summed E-state index contributed by atoms with van der Waals surface area (Å²) < 4.78 is 24.3. The van der Waals surface area contributed by atoms with Gasteiger partial charge in [-0.25, -0.2) is 0 Å². The van der Waals surface area contributed by atoms with Crippen LogP contribution >= 0.6 is 0 Å². The van der Waals surface area contributed by atoms with E-state index in [1.54, 1.807) is 0 Å². The summed E-state index contributed by atoms with van der Waals surface area (Å²) in [7, 11) is 0. The second-order valence-corrected chi connectivity index (χ2v) is 20.0. The first-order chi connectivity index (χ1) is 24.7. The number of hydrogen-bond donors (Lipinski definition) is 7. The standard InChI is InChI=1S/C41H66O12/c1-21-28(44)30(46)31(47)33(51-21)53-32-29(45)24(43)19-50-34(32)52-27-11-12-37(4)25(38(27,5)20-42)10-13-40(7)26(37)9-8-22-23-18-36(2,3)14-16-41(23,35(48)49)17-15-39(22,40)6/h8,21,23-34,42-47H,9-20H2,1-7H3,(H,48,49)/t21-,23-,24-,25-,26+,27+,28+,29-,30-,31+,32-,33+,34-,37+,38-,39+,40+,41-/m0/s1. The average Bonchev–Trinajstić information content (AvgIpc) is 3.10. The number of carboxylic acids is 1. The van der Waals surface area contributed by atoms with E-state index in [4.69, 9.17) is 18.9 Å². The van der Waals surface area contributed by atoms with Gasteiger partial charge in [0.25, 0.3) is 0 Å². The Labute approximate surface area is 314 Å². The zero-order valence-corrected chi connectivity index (χ0v) is 32.7. The van der Waals surface area contributed by atoms with Crippen LogP contribution in [0.5, 0.6) is 0 Å². The van der Waals surface area contributed by atoms with Crippen LogP contribution in [0.4, 0.5) is 0 Å². The van der Waals surface area contributed by atoms with Crippen molar-refractivity contribution in [3.8, 4) is 0 Å². The van der Waals surface area contributed by atoms with Gasteiger partial charge < -0.3 is 54.7 Å². The van der Waals surface area contributed by atoms with Crippen LogP contribution in [-0.2, 0) is 23.7 Å². The summed E-state index contributed by atoms with van der Waals surface area (Å²) in [5, 5.41) is 74.9. The van der Waals surface area contributed by atoms with Crippen LogP contribution in [0.1, 0.15) is 113 Å². The van der Waals surface area contributed by atoms with Gasteiger partial charge in [0.1, 0.15) is 36.6 Å². The highest BCUT2D eigenvalue weighted by molar-refractivity contribution is 5.76. The predicted octanol–water partition coefficient (Wildman–Crippen LogP) is 3.52. The molecular weight excluding hydrogens is 684 g/mol. The molecule has 0 unspecified atom stereocenters. The number of carboxylic acid groups (broad SMARTS) is 1. The molecule has 0 spiro atoms. The molecule has 302 valence electrons. The van der Waals surface area contributed by atoms with Crippen molar-refractivity contribution in [2.75, 3.05) is 13.2 Å². The van der Waals surface area contributed by atoms with Gasteiger partial charge in [-0.2, -0.15) is 0 Å². The van der Waals surface area contributed by atoms with Gasteiger partial charge in [-0.3, -0.25) is 4.79 Å². The van der Waals surface area contributed by atoms with Crippen LogP contribution in [0.3, 0.4) is 0 Å². The third-order valence-corrected chi connectivity index (χ3v) is 17.0. The number of aliphatic hydroxyl groups excluding tert-OH is 6. The molecule has 12 nitrogen and oxygen atoms in total. The van der Waals surface area contributed by atoms with Crippen LogP contribution in [0.15, 0.2) is 11.6 Å². The lowest BCUT2D eigenvalue weighted by Gasteiger charge is -2.71. The second kappa shape index (κ2) is 13.5. The van der Waals surface area contributed by atoms with Crippen molar-refractivity contribution >= 4 is 5.97 Å². The molecule has 2 aliphatic heterocycles. The molecular formula is C41H66O12. The summed E-state index contributed by atoms with van der Waals surface area (Å²) in [6.45, 7) is 15.1. The number of hydrogen-bond acceptors (Lipinski definition) is 11. The van der Waals surface area contributed by atoms with E-state index in [0.29, 0.717) is 18.8 Å². The van der Waals surface area contributed by atoms with Crippen LogP contribution in [-0.4, -0.2) is 116 Å². The van der Waals surface area contributed by atoms with Crippen molar-refractivity contribution in [1.82, 2.24) is 0 Å². The summed E-state index contributed by atoms with van der Waals surface area (Å²) in [6.07, 6.45) is -1.79. The lowest BCUT2D eigenvalue weighted by Crippen LogP contribution is -2.67. The summed E-state index contributed by atoms with van der Waals surface area (Å²) in [6, 6.07) is 0. The molecule has 6 fully saturated rings. The van der Waals surface area contributed by atoms with Crippen molar-refractivity contribution in [3.05, 3.63) is 11.6 Å². The molecule has 7 N–H and O–H groups in total. The van der Waals surface area contributed by atoms with Crippen LogP contribution in [0.25, 0.3) is 0 Å². The molecule has 12 heteroatoms. The number of aliphatic hydroxyl groups is 6. The summed E-state index contributed by atoms with van der Waals surface area (Å²) in [5.41, 5.74) is -0.239. The number of carbonyl (C=O) groups is 1. The average molecular weight is 751 g/mol. The highest BCUT2D eigenvalue weighted by atomic mass is 16.8. The van der Waals surface area contributed by atoms with Gasteiger partial charge in [-0.1, -0.05) is 53.2 Å². The second-order valence-electron chi connectivity index (χ2n) is 20.0. The Balaban J connectivity index is 1.15. The van der Waals surface area contributed by atoms with E-state index in [1.807, 2.05) is 0 Å². The minimum Gasteiger partial charge on any atom is -0.481 e. The smallest absolute Gasteiger partial charge is 0.310 e. The monoisotopic (exact) mass is 750 g/mol. The minimum absolute atomic E-state index is 0.0360. The highest BCUT2D eigenvalue weighted by Crippen LogP contribution is 2.76. The third kappa shape index (κ3) is 5.85. The van der Waals surface area contributed by atoms with Gasteiger partial charge in [0.05, 0.1) is 30.8 Å². The highest BCUT2D eigenvalue weighted by Gasteiger charge is 2.70. The van der Waals surface area contributed by atoms with Crippen LogP contribution in [0.2, 0.25) is 0 Å². The van der Waals surface area contributed by atoms with Crippen molar-refractivity contribution in [1.29, 1.82) is 0 Å². The van der Waals surface area contributed by atoms with Gasteiger partial charge in [-0.15, -0.1) is 0 Å². The SMILES string of the molecule is C[C@@H]1O[C@H](O[C@@H]2[C@H](O[C@@H]3CC[C@]4(C)[C@H](CC[C@]5(C)[C@@H]4CC=C4[C@@H]6CC(C)(C)CC[C@]6(C(=O)O)CC[C@]45C)[C@]3(C)CO)OC[C@H](O)[C@@H]2O)[C@H](O)[C@@H](O)[C@@H]1O.